The lowest BCUT2D eigenvalue weighted by molar-refractivity contribution is 0.0400. The van der Waals surface area contributed by atoms with Crippen LogP contribution in [0, 0.1) is 5.92 Å². The second-order valence-electron chi connectivity index (χ2n) is 5.96. The summed E-state index contributed by atoms with van der Waals surface area (Å²) < 4.78 is 0. The number of nitrogens with zero attached hydrogens (tertiary/aromatic N) is 2. The van der Waals surface area contributed by atoms with Crippen LogP contribution in [0.25, 0.3) is 0 Å². The molecule has 2 atom stereocenters. The van der Waals surface area contributed by atoms with Crippen molar-refractivity contribution in [3.05, 3.63) is 0 Å². The predicted molar refractivity (Wildman–Crippen MR) is 73.1 cm³/mol. The number of hydrogen-bond donors (Lipinski definition) is 1. The van der Waals surface area contributed by atoms with Gasteiger partial charge in [-0.2, -0.15) is 0 Å². The van der Waals surface area contributed by atoms with Crippen LogP contribution < -0.4 is 5.73 Å². The summed E-state index contributed by atoms with van der Waals surface area (Å²) >= 11 is 0. The zero-order valence-corrected chi connectivity index (χ0v) is 11.6. The van der Waals surface area contributed by atoms with E-state index in [0.717, 1.165) is 18.5 Å². The first kappa shape index (κ1) is 13.3. The van der Waals surface area contributed by atoms with Crippen molar-refractivity contribution in [3.8, 4) is 0 Å². The second kappa shape index (κ2) is 6.17. The van der Waals surface area contributed by atoms with Crippen molar-refractivity contribution in [2.75, 3.05) is 33.2 Å². The minimum Gasteiger partial charge on any atom is -0.329 e. The summed E-state index contributed by atoms with van der Waals surface area (Å²) in [5.74, 6) is 0.922. The van der Waals surface area contributed by atoms with Gasteiger partial charge in [0.05, 0.1) is 0 Å². The van der Waals surface area contributed by atoms with Crippen molar-refractivity contribution in [1.29, 1.82) is 0 Å². The fourth-order valence-electron chi connectivity index (χ4n) is 3.56. The molecule has 2 rings (SSSR count). The fraction of sp³-hybridized carbons (Fsp3) is 1.00. The van der Waals surface area contributed by atoms with E-state index in [9.17, 15) is 0 Å². The van der Waals surface area contributed by atoms with E-state index in [1.54, 1.807) is 0 Å². The van der Waals surface area contributed by atoms with Crippen LogP contribution in [0.3, 0.4) is 0 Å². The molecule has 0 amide bonds. The smallest absolute Gasteiger partial charge is 0.0224 e. The van der Waals surface area contributed by atoms with Gasteiger partial charge in [-0.25, -0.2) is 0 Å². The minimum atomic E-state index is 0.655. The standard InChI is InChI=1S/C14H29N3/c1-3-12-4-9-17(14(10-12)11-15)13-5-7-16(2)8-6-13/h12-14H,3-11,15H2,1-2H3. The highest BCUT2D eigenvalue weighted by Crippen LogP contribution is 2.29. The molecule has 0 spiro atoms. The van der Waals surface area contributed by atoms with E-state index in [2.05, 4.69) is 23.8 Å². The normalized spacial score (nSPS) is 34.1. The molecule has 0 aliphatic carbocycles. The Bertz CT molecular complexity index is 222. The van der Waals surface area contributed by atoms with E-state index in [1.807, 2.05) is 0 Å². The summed E-state index contributed by atoms with van der Waals surface area (Å²) in [6.07, 6.45) is 6.73. The van der Waals surface area contributed by atoms with Gasteiger partial charge in [-0.15, -0.1) is 0 Å². The van der Waals surface area contributed by atoms with Crippen molar-refractivity contribution < 1.29 is 0 Å². The average molecular weight is 239 g/mol. The van der Waals surface area contributed by atoms with E-state index < -0.39 is 0 Å². The quantitative estimate of drug-likeness (QED) is 0.811. The van der Waals surface area contributed by atoms with Crippen molar-refractivity contribution in [3.63, 3.8) is 0 Å². The topological polar surface area (TPSA) is 32.5 Å². The van der Waals surface area contributed by atoms with Crippen molar-refractivity contribution in [1.82, 2.24) is 9.80 Å². The van der Waals surface area contributed by atoms with Gasteiger partial charge >= 0.3 is 0 Å². The van der Waals surface area contributed by atoms with Gasteiger partial charge in [0.15, 0.2) is 0 Å². The molecule has 0 radical (unpaired) electrons. The Labute approximate surface area is 106 Å². The monoisotopic (exact) mass is 239 g/mol. The Kier molecular flexibility index (Phi) is 4.83. The maximum absolute atomic E-state index is 5.99. The molecule has 2 aliphatic heterocycles. The Balaban J connectivity index is 1.90. The molecule has 0 bridgehead atoms. The van der Waals surface area contributed by atoms with Gasteiger partial charge in [-0.1, -0.05) is 13.3 Å². The number of hydrogen-bond acceptors (Lipinski definition) is 3. The lowest BCUT2D eigenvalue weighted by Gasteiger charge is -2.45. The third kappa shape index (κ3) is 3.21. The lowest BCUT2D eigenvalue weighted by atomic mass is 9.86. The van der Waals surface area contributed by atoms with Crippen LogP contribution in [-0.4, -0.2) is 55.1 Å². The predicted octanol–water partition coefficient (Wildman–Crippen LogP) is 1.53. The molecule has 3 nitrogen and oxygen atoms in total. The van der Waals surface area contributed by atoms with Crippen LogP contribution in [-0.2, 0) is 0 Å². The van der Waals surface area contributed by atoms with Crippen LogP contribution in [0.15, 0.2) is 0 Å². The fourth-order valence-corrected chi connectivity index (χ4v) is 3.56. The molecule has 0 aromatic carbocycles. The van der Waals surface area contributed by atoms with Gasteiger partial charge in [-0.05, 0) is 58.3 Å². The SMILES string of the molecule is CCC1CCN(C2CCN(C)CC2)C(CN)C1. The van der Waals surface area contributed by atoms with Crippen LogP contribution >= 0.6 is 0 Å². The molecule has 100 valence electrons. The Hall–Kier alpha value is -0.120. The number of likely N-dealkylation sites (tertiary alicyclic amines) is 2. The maximum atomic E-state index is 5.99. The Morgan fingerprint density at radius 1 is 1.12 bits per heavy atom. The number of rotatable bonds is 3. The highest BCUT2D eigenvalue weighted by Gasteiger charge is 2.32. The van der Waals surface area contributed by atoms with Crippen molar-refractivity contribution >= 4 is 0 Å². The van der Waals surface area contributed by atoms with E-state index in [-0.39, 0.29) is 0 Å². The first-order valence-corrected chi connectivity index (χ1v) is 7.39. The van der Waals surface area contributed by atoms with Gasteiger partial charge in [-0.3, -0.25) is 4.90 Å². The van der Waals surface area contributed by atoms with Crippen LogP contribution in [0.5, 0.6) is 0 Å². The summed E-state index contributed by atoms with van der Waals surface area (Å²) in [5.41, 5.74) is 5.99. The second-order valence-corrected chi connectivity index (χ2v) is 5.96. The third-order valence-corrected chi connectivity index (χ3v) is 4.88. The summed E-state index contributed by atoms with van der Waals surface area (Å²) in [6, 6.07) is 1.46. The molecule has 2 aliphatic rings. The van der Waals surface area contributed by atoms with Gasteiger partial charge in [0.25, 0.3) is 0 Å². The molecule has 2 N–H and O–H groups in total. The first-order valence-electron chi connectivity index (χ1n) is 7.39. The highest BCUT2D eigenvalue weighted by molar-refractivity contribution is 4.88. The van der Waals surface area contributed by atoms with E-state index in [4.69, 9.17) is 5.73 Å². The zero-order chi connectivity index (χ0) is 12.3. The first-order chi connectivity index (χ1) is 8.24. The van der Waals surface area contributed by atoms with Crippen LogP contribution in [0.4, 0.5) is 0 Å². The van der Waals surface area contributed by atoms with Crippen LogP contribution in [0.1, 0.15) is 39.0 Å². The Morgan fingerprint density at radius 2 is 1.82 bits per heavy atom. The Morgan fingerprint density at radius 3 is 2.41 bits per heavy atom. The maximum Gasteiger partial charge on any atom is 0.0224 e. The minimum absolute atomic E-state index is 0.655. The van der Waals surface area contributed by atoms with Gasteiger partial charge in [0.2, 0.25) is 0 Å². The molecule has 0 saturated carbocycles. The summed E-state index contributed by atoms with van der Waals surface area (Å²) in [6.45, 7) is 6.98. The van der Waals surface area contributed by atoms with E-state index in [0.29, 0.717) is 6.04 Å². The molecule has 0 aromatic rings. The summed E-state index contributed by atoms with van der Waals surface area (Å²) in [5, 5.41) is 0. The largest absolute Gasteiger partial charge is 0.329 e. The highest BCUT2D eigenvalue weighted by atomic mass is 15.2. The lowest BCUT2D eigenvalue weighted by Crippen LogP contribution is -2.54. The van der Waals surface area contributed by atoms with Crippen LogP contribution in [0.2, 0.25) is 0 Å². The molecule has 17 heavy (non-hydrogen) atoms. The van der Waals surface area contributed by atoms with Crippen molar-refractivity contribution in [2.45, 2.75) is 51.1 Å². The summed E-state index contributed by atoms with van der Waals surface area (Å²) in [4.78, 5) is 5.19. The van der Waals surface area contributed by atoms with Crippen molar-refractivity contribution in [2.24, 2.45) is 11.7 Å². The van der Waals surface area contributed by atoms with Gasteiger partial charge < -0.3 is 10.6 Å². The molecule has 2 unspecified atom stereocenters. The summed E-state index contributed by atoms with van der Waals surface area (Å²) in [7, 11) is 2.24. The number of nitrogens with two attached hydrogens (primary N) is 1. The molecular formula is C14H29N3. The number of piperidine rings is 2. The van der Waals surface area contributed by atoms with Gasteiger partial charge in [0.1, 0.15) is 0 Å². The third-order valence-electron chi connectivity index (χ3n) is 4.88. The molecule has 3 heteroatoms. The molecule has 0 aromatic heterocycles. The molecule has 2 fully saturated rings. The molecular weight excluding hydrogens is 210 g/mol. The molecule has 2 saturated heterocycles. The van der Waals surface area contributed by atoms with Gasteiger partial charge in [0, 0.05) is 18.6 Å². The average Bonchev–Trinajstić information content (AvgIpc) is 2.39. The molecule has 2 heterocycles. The zero-order valence-electron chi connectivity index (χ0n) is 11.6. The van der Waals surface area contributed by atoms with E-state index >= 15 is 0 Å². The van der Waals surface area contributed by atoms with E-state index in [1.165, 1.54) is 51.7 Å².